The molecule has 1 atom stereocenters. The molecule has 70 valence electrons. The van der Waals surface area contributed by atoms with E-state index >= 15 is 0 Å². The Morgan fingerprint density at radius 3 is 2.85 bits per heavy atom. The smallest absolute Gasteiger partial charge is 0.122 e. The largest absolute Gasteiger partial charge is 0.493 e. The van der Waals surface area contributed by atoms with E-state index in [1.807, 2.05) is 6.07 Å². The van der Waals surface area contributed by atoms with E-state index in [1.165, 1.54) is 5.56 Å². The van der Waals surface area contributed by atoms with Crippen molar-refractivity contribution in [2.45, 2.75) is 26.2 Å². The minimum Gasteiger partial charge on any atom is -0.493 e. The second-order valence-corrected chi connectivity index (χ2v) is 4.03. The number of rotatable bonds is 1. The quantitative estimate of drug-likeness (QED) is 0.638. The van der Waals surface area contributed by atoms with E-state index in [9.17, 15) is 0 Å². The summed E-state index contributed by atoms with van der Waals surface area (Å²) in [4.78, 5) is 0. The zero-order chi connectivity index (χ0) is 9.26. The van der Waals surface area contributed by atoms with E-state index in [2.05, 4.69) is 32.0 Å². The van der Waals surface area contributed by atoms with Crippen molar-refractivity contribution in [1.82, 2.24) is 0 Å². The Kier molecular flexibility index (Phi) is 2.26. The maximum Gasteiger partial charge on any atom is 0.122 e. The Morgan fingerprint density at radius 2 is 2.08 bits per heavy atom. The van der Waals surface area contributed by atoms with Crippen LogP contribution < -0.4 is 4.74 Å². The summed E-state index contributed by atoms with van der Waals surface area (Å²) in [7, 11) is 0. The lowest BCUT2D eigenvalue weighted by molar-refractivity contribution is 0.247. The normalized spacial score (nSPS) is 21.0. The molecule has 0 saturated heterocycles. The van der Waals surface area contributed by atoms with E-state index in [4.69, 9.17) is 4.74 Å². The van der Waals surface area contributed by atoms with E-state index in [0.29, 0.717) is 11.8 Å². The second kappa shape index (κ2) is 3.41. The zero-order valence-corrected chi connectivity index (χ0v) is 8.29. The van der Waals surface area contributed by atoms with Crippen LogP contribution in [0, 0.1) is 5.92 Å². The van der Waals surface area contributed by atoms with Crippen molar-refractivity contribution in [2.24, 2.45) is 5.92 Å². The van der Waals surface area contributed by atoms with Crippen LogP contribution in [0.25, 0.3) is 0 Å². The van der Waals surface area contributed by atoms with Crippen LogP contribution in [-0.4, -0.2) is 6.61 Å². The molecular formula is C12H16O. The third kappa shape index (κ3) is 1.55. The summed E-state index contributed by atoms with van der Waals surface area (Å²) >= 11 is 0. The predicted octanol–water partition coefficient (Wildman–Crippen LogP) is 3.21. The maximum atomic E-state index is 5.60. The minimum atomic E-state index is 0.685. The molecule has 0 saturated carbocycles. The third-order valence-corrected chi connectivity index (χ3v) is 2.81. The van der Waals surface area contributed by atoms with Gasteiger partial charge >= 0.3 is 0 Å². The van der Waals surface area contributed by atoms with Gasteiger partial charge in [0, 0.05) is 0 Å². The number of ether oxygens (including phenoxy) is 1. The van der Waals surface area contributed by atoms with Crippen molar-refractivity contribution in [3.63, 3.8) is 0 Å². The molecule has 1 aliphatic heterocycles. The second-order valence-electron chi connectivity index (χ2n) is 4.03. The van der Waals surface area contributed by atoms with Gasteiger partial charge in [-0.3, -0.25) is 0 Å². The Hall–Kier alpha value is -0.980. The topological polar surface area (TPSA) is 9.23 Å². The molecule has 1 heterocycles. The van der Waals surface area contributed by atoms with Gasteiger partial charge in [-0.1, -0.05) is 32.0 Å². The lowest BCUT2D eigenvalue weighted by Gasteiger charge is -2.28. The lowest BCUT2D eigenvalue weighted by atomic mass is 9.84. The standard InChI is InChI=1S/C12H16O/c1-9(2)10-7-8-13-12-6-4-3-5-11(10)12/h3-6,9-10H,7-8H2,1-2H3/t10-/m0/s1. The van der Waals surface area contributed by atoms with Gasteiger partial charge in [-0.05, 0) is 29.9 Å². The van der Waals surface area contributed by atoms with Gasteiger partial charge in [0.15, 0.2) is 0 Å². The first-order valence-electron chi connectivity index (χ1n) is 5.01. The highest BCUT2D eigenvalue weighted by atomic mass is 16.5. The molecule has 1 heteroatoms. The molecule has 0 spiro atoms. The van der Waals surface area contributed by atoms with Crippen LogP contribution in [-0.2, 0) is 0 Å². The minimum absolute atomic E-state index is 0.685. The van der Waals surface area contributed by atoms with Crippen molar-refractivity contribution in [3.05, 3.63) is 29.8 Å². The third-order valence-electron chi connectivity index (χ3n) is 2.81. The van der Waals surface area contributed by atoms with Gasteiger partial charge in [-0.25, -0.2) is 0 Å². The highest BCUT2D eigenvalue weighted by Gasteiger charge is 2.23. The van der Waals surface area contributed by atoms with Crippen LogP contribution >= 0.6 is 0 Å². The molecule has 2 rings (SSSR count). The number of benzene rings is 1. The average molecular weight is 176 g/mol. The van der Waals surface area contributed by atoms with E-state index in [1.54, 1.807) is 0 Å². The first-order valence-corrected chi connectivity index (χ1v) is 5.01. The summed E-state index contributed by atoms with van der Waals surface area (Å²) in [5.41, 5.74) is 1.39. The molecule has 0 aliphatic carbocycles. The van der Waals surface area contributed by atoms with Crippen LogP contribution in [0.3, 0.4) is 0 Å². The van der Waals surface area contributed by atoms with Crippen LogP contribution in [0.5, 0.6) is 5.75 Å². The van der Waals surface area contributed by atoms with E-state index in [-0.39, 0.29) is 0 Å². The summed E-state index contributed by atoms with van der Waals surface area (Å²) in [5, 5.41) is 0. The highest BCUT2D eigenvalue weighted by molar-refractivity contribution is 5.37. The Balaban J connectivity index is 2.37. The molecule has 0 radical (unpaired) electrons. The van der Waals surface area contributed by atoms with Crippen LogP contribution in [0.2, 0.25) is 0 Å². The van der Waals surface area contributed by atoms with Gasteiger partial charge in [0.1, 0.15) is 5.75 Å². The molecule has 0 fully saturated rings. The summed E-state index contributed by atoms with van der Waals surface area (Å²) in [6.07, 6.45) is 1.16. The predicted molar refractivity (Wildman–Crippen MR) is 54.1 cm³/mol. The molecule has 0 amide bonds. The highest BCUT2D eigenvalue weighted by Crippen LogP contribution is 2.37. The summed E-state index contributed by atoms with van der Waals surface area (Å²) < 4.78 is 5.60. The molecule has 0 unspecified atom stereocenters. The molecule has 1 aromatic rings. The van der Waals surface area contributed by atoms with Crippen LogP contribution in [0.1, 0.15) is 31.7 Å². The fraction of sp³-hybridized carbons (Fsp3) is 0.500. The Labute approximate surface area is 79.7 Å². The van der Waals surface area contributed by atoms with Crippen LogP contribution in [0.4, 0.5) is 0 Å². The van der Waals surface area contributed by atoms with Crippen molar-refractivity contribution < 1.29 is 4.74 Å². The monoisotopic (exact) mass is 176 g/mol. The van der Waals surface area contributed by atoms with Crippen LogP contribution in [0.15, 0.2) is 24.3 Å². The first-order chi connectivity index (χ1) is 6.29. The summed E-state index contributed by atoms with van der Waals surface area (Å²) in [6, 6.07) is 8.41. The number of para-hydroxylation sites is 1. The molecule has 1 nitrogen and oxygen atoms in total. The Morgan fingerprint density at radius 1 is 1.31 bits per heavy atom. The Bertz CT molecular complexity index is 291. The zero-order valence-electron chi connectivity index (χ0n) is 8.29. The van der Waals surface area contributed by atoms with Gasteiger partial charge in [0.2, 0.25) is 0 Å². The summed E-state index contributed by atoms with van der Waals surface area (Å²) in [5.74, 6) is 2.49. The number of hydrogen-bond acceptors (Lipinski definition) is 1. The van der Waals surface area contributed by atoms with Gasteiger partial charge in [0.25, 0.3) is 0 Å². The molecule has 0 N–H and O–H groups in total. The van der Waals surface area contributed by atoms with Crippen molar-refractivity contribution in [3.8, 4) is 5.75 Å². The summed E-state index contributed by atoms with van der Waals surface area (Å²) in [6.45, 7) is 5.44. The fourth-order valence-electron chi connectivity index (χ4n) is 2.06. The average Bonchev–Trinajstić information content (AvgIpc) is 2.17. The maximum absolute atomic E-state index is 5.60. The van der Waals surface area contributed by atoms with Gasteiger partial charge in [-0.2, -0.15) is 0 Å². The SMILES string of the molecule is CC(C)[C@@H]1CCOc2ccccc21. The van der Waals surface area contributed by atoms with Gasteiger partial charge in [0.05, 0.1) is 6.61 Å². The molecule has 1 aromatic carbocycles. The van der Waals surface area contributed by atoms with Gasteiger partial charge in [-0.15, -0.1) is 0 Å². The van der Waals surface area contributed by atoms with Crippen molar-refractivity contribution in [1.29, 1.82) is 0 Å². The molecule has 13 heavy (non-hydrogen) atoms. The fourth-order valence-corrected chi connectivity index (χ4v) is 2.06. The van der Waals surface area contributed by atoms with E-state index < -0.39 is 0 Å². The first kappa shape index (κ1) is 8.61. The molecule has 0 aromatic heterocycles. The number of fused-ring (bicyclic) bond motifs is 1. The van der Waals surface area contributed by atoms with Crippen molar-refractivity contribution in [2.75, 3.05) is 6.61 Å². The van der Waals surface area contributed by atoms with Crippen molar-refractivity contribution >= 4 is 0 Å². The molecular weight excluding hydrogens is 160 g/mol. The lowest BCUT2D eigenvalue weighted by Crippen LogP contribution is -2.17. The molecule has 0 bridgehead atoms. The van der Waals surface area contributed by atoms with E-state index in [0.717, 1.165) is 18.8 Å². The molecule has 1 aliphatic rings. The number of hydrogen-bond donors (Lipinski definition) is 0. The van der Waals surface area contributed by atoms with Gasteiger partial charge < -0.3 is 4.74 Å².